The molecule has 1 aliphatic rings. The van der Waals surface area contributed by atoms with E-state index in [1.807, 2.05) is 0 Å². The molecule has 17 heavy (non-hydrogen) atoms. The summed E-state index contributed by atoms with van der Waals surface area (Å²) in [5, 5.41) is 22.7. The Morgan fingerprint density at radius 2 is 1.94 bits per heavy atom. The summed E-state index contributed by atoms with van der Waals surface area (Å²) < 4.78 is 0. The minimum Gasteiger partial charge on any atom is -0.508 e. The van der Waals surface area contributed by atoms with Gasteiger partial charge in [0, 0.05) is 0 Å². The van der Waals surface area contributed by atoms with Crippen LogP contribution >= 0.6 is 0 Å². The number of aliphatic hydroxyl groups is 1. The molecule has 1 aromatic carbocycles. The number of hydrogen-bond acceptors (Lipinski definition) is 3. The van der Waals surface area contributed by atoms with Gasteiger partial charge in [-0.3, -0.25) is 0 Å². The van der Waals surface area contributed by atoms with Crippen LogP contribution in [0.25, 0.3) is 0 Å². The standard InChI is InChI=1S/C14H21NO2/c16-13-5-3-12(4-6-13)14(17)10-11-2-1-8-15-9-7-11/h3-6,11,14-17H,1-2,7-10H2. The second kappa shape index (κ2) is 6.03. The second-order valence-corrected chi connectivity index (χ2v) is 4.89. The first-order valence-corrected chi connectivity index (χ1v) is 6.43. The van der Waals surface area contributed by atoms with Crippen LogP contribution in [0.15, 0.2) is 24.3 Å². The van der Waals surface area contributed by atoms with Crippen LogP contribution in [0.4, 0.5) is 0 Å². The average molecular weight is 235 g/mol. The van der Waals surface area contributed by atoms with E-state index in [9.17, 15) is 10.2 Å². The van der Waals surface area contributed by atoms with Crippen molar-refractivity contribution in [3.05, 3.63) is 29.8 Å². The van der Waals surface area contributed by atoms with Crippen molar-refractivity contribution in [1.82, 2.24) is 5.32 Å². The van der Waals surface area contributed by atoms with E-state index in [1.54, 1.807) is 24.3 Å². The number of aliphatic hydroxyl groups excluding tert-OH is 1. The van der Waals surface area contributed by atoms with Crippen molar-refractivity contribution in [1.29, 1.82) is 0 Å². The lowest BCUT2D eigenvalue weighted by Crippen LogP contribution is -2.14. The van der Waals surface area contributed by atoms with E-state index in [0.717, 1.165) is 31.5 Å². The maximum atomic E-state index is 10.2. The fourth-order valence-corrected chi connectivity index (χ4v) is 2.48. The quantitative estimate of drug-likeness (QED) is 0.753. The Morgan fingerprint density at radius 1 is 1.18 bits per heavy atom. The zero-order valence-corrected chi connectivity index (χ0v) is 10.1. The molecule has 3 N–H and O–H groups in total. The molecule has 1 heterocycles. The average Bonchev–Trinajstić information content (AvgIpc) is 2.58. The molecule has 1 fully saturated rings. The van der Waals surface area contributed by atoms with Gasteiger partial charge in [0.1, 0.15) is 5.75 Å². The molecule has 2 atom stereocenters. The largest absolute Gasteiger partial charge is 0.508 e. The molecule has 2 unspecified atom stereocenters. The van der Waals surface area contributed by atoms with Crippen molar-refractivity contribution in [3.63, 3.8) is 0 Å². The SMILES string of the molecule is Oc1ccc(C(O)CC2CCCNCC2)cc1. The van der Waals surface area contributed by atoms with Gasteiger partial charge in [0.15, 0.2) is 0 Å². The number of nitrogens with one attached hydrogen (secondary N) is 1. The number of aromatic hydroxyl groups is 1. The number of benzene rings is 1. The molecule has 0 spiro atoms. The number of rotatable bonds is 3. The molecule has 0 amide bonds. The highest BCUT2D eigenvalue weighted by molar-refractivity contribution is 5.27. The summed E-state index contributed by atoms with van der Waals surface area (Å²) in [5.74, 6) is 0.855. The van der Waals surface area contributed by atoms with Crippen LogP contribution in [0.1, 0.15) is 37.4 Å². The number of phenols is 1. The van der Waals surface area contributed by atoms with Crippen molar-refractivity contribution in [2.75, 3.05) is 13.1 Å². The van der Waals surface area contributed by atoms with Crippen LogP contribution in [-0.4, -0.2) is 23.3 Å². The van der Waals surface area contributed by atoms with E-state index >= 15 is 0 Å². The Hall–Kier alpha value is -1.06. The Kier molecular flexibility index (Phi) is 4.40. The van der Waals surface area contributed by atoms with Gasteiger partial charge >= 0.3 is 0 Å². The van der Waals surface area contributed by atoms with Crippen molar-refractivity contribution in [2.24, 2.45) is 5.92 Å². The molecule has 0 aliphatic carbocycles. The van der Waals surface area contributed by atoms with Crippen molar-refractivity contribution < 1.29 is 10.2 Å². The van der Waals surface area contributed by atoms with Gasteiger partial charge in [0.05, 0.1) is 6.10 Å². The zero-order chi connectivity index (χ0) is 12.1. The minimum atomic E-state index is -0.404. The van der Waals surface area contributed by atoms with Crippen molar-refractivity contribution in [2.45, 2.75) is 31.8 Å². The minimum absolute atomic E-state index is 0.250. The van der Waals surface area contributed by atoms with E-state index in [2.05, 4.69) is 5.32 Å². The Morgan fingerprint density at radius 3 is 2.71 bits per heavy atom. The smallest absolute Gasteiger partial charge is 0.115 e. The summed E-state index contributed by atoms with van der Waals surface area (Å²) in [6, 6.07) is 6.87. The summed E-state index contributed by atoms with van der Waals surface area (Å²) in [6.07, 6.45) is 3.97. The summed E-state index contributed by atoms with van der Waals surface area (Å²) in [7, 11) is 0. The van der Waals surface area contributed by atoms with Crippen LogP contribution in [0, 0.1) is 5.92 Å². The number of phenolic OH excluding ortho intramolecular Hbond substituents is 1. The van der Waals surface area contributed by atoms with Crippen LogP contribution in [0.5, 0.6) is 5.75 Å². The lowest BCUT2D eigenvalue weighted by atomic mass is 9.91. The molecule has 3 heteroatoms. The first-order chi connectivity index (χ1) is 8.25. The molecule has 0 radical (unpaired) electrons. The van der Waals surface area contributed by atoms with Gasteiger partial charge in [-0.1, -0.05) is 12.1 Å². The molecule has 0 bridgehead atoms. The highest BCUT2D eigenvalue weighted by atomic mass is 16.3. The predicted octanol–water partition coefficient (Wildman–Crippen LogP) is 2.21. The lowest BCUT2D eigenvalue weighted by Gasteiger charge is -2.18. The van der Waals surface area contributed by atoms with Gasteiger partial charge < -0.3 is 15.5 Å². The zero-order valence-electron chi connectivity index (χ0n) is 10.1. The van der Waals surface area contributed by atoms with Gasteiger partial charge in [-0.05, 0) is 62.4 Å². The topological polar surface area (TPSA) is 52.5 Å². The highest BCUT2D eigenvalue weighted by Gasteiger charge is 2.17. The monoisotopic (exact) mass is 235 g/mol. The first-order valence-electron chi connectivity index (χ1n) is 6.43. The molecule has 0 saturated carbocycles. The predicted molar refractivity (Wildman–Crippen MR) is 67.9 cm³/mol. The third-order valence-electron chi connectivity index (χ3n) is 3.53. The van der Waals surface area contributed by atoms with Crippen molar-refractivity contribution in [3.8, 4) is 5.75 Å². The molecular weight excluding hydrogens is 214 g/mol. The normalized spacial score (nSPS) is 23.0. The Labute approximate surface area is 102 Å². The molecule has 2 rings (SSSR count). The Bertz CT molecular complexity index is 329. The van der Waals surface area contributed by atoms with Gasteiger partial charge in [-0.25, -0.2) is 0 Å². The van der Waals surface area contributed by atoms with E-state index < -0.39 is 6.10 Å². The van der Waals surface area contributed by atoms with Gasteiger partial charge in [0.25, 0.3) is 0 Å². The van der Waals surface area contributed by atoms with E-state index in [1.165, 1.54) is 12.8 Å². The highest BCUT2D eigenvalue weighted by Crippen LogP contribution is 2.27. The first kappa shape index (κ1) is 12.4. The Balaban J connectivity index is 1.91. The lowest BCUT2D eigenvalue weighted by molar-refractivity contribution is 0.140. The van der Waals surface area contributed by atoms with Crippen molar-refractivity contribution >= 4 is 0 Å². The van der Waals surface area contributed by atoms with E-state index in [-0.39, 0.29) is 5.75 Å². The van der Waals surface area contributed by atoms with Crippen LogP contribution in [-0.2, 0) is 0 Å². The summed E-state index contributed by atoms with van der Waals surface area (Å²) in [6.45, 7) is 2.17. The third-order valence-corrected chi connectivity index (χ3v) is 3.53. The maximum absolute atomic E-state index is 10.2. The fourth-order valence-electron chi connectivity index (χ4n) is 2.48. The molecule has 1 aromatic rings. The summed E-state index contributed by atoms with van der Waals surface area (Å²) >= 11 is 0. The summed E-state index contributed by atoms with van der Waals surface area (Å²) in [5.41, 5.74) is 0.903. The molecule has 1 saturated heterocycles. The fraction of sp³-hybridized carbons (Fsp3) is 0.571. The van der Waals surface area contributed by atoms with Crippen LogP contribution in [0.2, 0.25) is 0 Å². The third kappa shape index (κ3) is 3.72. The maximum Gasteiger partial charge on any atom is 0.115 e. The molecule has 1 aliphatic heterocycles. The second-order valence-electron chi connectivity index (χ2n) is 4.89. The van der Waals surface area contributed by atoms with E-state index in [4.69, 9.17) is 0 Å². The van der Waals surface area contributed by atoms with Crippen LogP contribution in [0.3, 0.4) is 0 Å². The van der Waals surface area contributed by atoms with Gasteiger partial charge in [-0.15, -0.1) is 0 Å². The number of hydrogen-bond donors (Lipinski definition) is 3. The summed E-state index contributed by atoms with van der Waals surface area (Å²) in [4.78, 5) is 0. The van der Waals surface area contributed by atoms with Gasteiger partial charge in [0.2, 0.25) is 0 Å². The van der Waals surface area contributed by atoms with Gasteiger partial charge in [-0.2, -0.15) is 0 Å². The van der Waals surface area contributed by atoms with Crippen LogP contribution < -0.4 is 5.32 Å². The molecule has 94 valence electrons. The molecule has 0 aromatic heterocycles. The van der Waals surface area contributed by atoms with E-state index in [0.29, 0.717) is 5.92 Å². The molecular formula is C14H21NO2. The molecule has 3 nitrogen and oxygen atoms in total.